The monoisotopic (exact) mass is 482 g/mol. The number of carboxylic acid groups (broad SMARTS) is 1. The average molecular weight is 483 g/mol. The van der Waals surface area contributed by atoms with Gasteiger partial charge >= 0.3 is 5.97 Å². The molecule has 4 aliphatic carbocycles. The molecule has 0 bridgehead atoms. The SMILES string of the molecule is C[C@@H]1CC2[C@]3(C)CC[C@]4(C)C(=CC(=O)c5c4cc(O)c(O)c5C(=O)O)[C@@]3(C)CC[C@@]2(C)[C@H](O)C1=O. The largest absolute Gasteiger partial charge is 0.504 e. The lowest BCUT2D eigenvalue weighted by molar-refractivity contribution is -0.190. The van der Waals surface area contributed by atoms with Crippen molar-refractivity contribution >= 4 is 17.5 Å². The van der Waals surface area contributed by atoms with Crippen molar-refractivity contribution in [3.05, 3.63) is 34.4 Å². The Morgan fingerprint density at radius 2 is 1.69 bits per heavy atom. The van der Waals surface area contributed by atoms with Crippen LogP contribution in [0.5, 0.6) is 11.5 Å². The highest BCUT2D eigenvalue weighted by atomic mass is 16.4. The first-order valence-corrected chi connectivity index (χ1v) is 12.4. The Labute approximate surface area is 204 Å². The molecule has 7 nitrogen and oxygen atoms in total. The van der Waals surface area contributed by atoms with Crippen LogP contribution < -0.4 is 0 Å². The van der Waals surface area contributed by atoms with E-state index in [1.165, 1.54) is 6.07 Å². The number of phenolic OH excluding ortho intramolecular Hbond substituents is 1. The molecule has 0 saturated heterocycles. The molecule has 0 amide bonds. The Balaban J connectivity index is 1.71. The third-order valence-electron chi connectivity index (χ3n) is 10.9. The first kappa shape index (κ1) is 24.0. The van der Waals surface area contributed by atoms with Gasteiger partial charge in [-0.05, 0) is 72.1 Å². The maximum atomic E-state index is 13.5. The van der Waals surface area contributed by atoms with Crippen molar-refractivity contribution < 1.29 is 34.8 Å². The average Bonchev–Trinajstić information content (AvgIpc) is 2.79. The number of fused-ring (bicyclic) bond motifs is 7. The number of hydrogen-bond donors (Lipinski definition) is 4. The van der Waals surface area contributed by atoms with E-state index in [2.05, 4.69) is 13.8 Å². The number of phenols is 2. The predicted octanol–water partition coefficient (Wildman–Crippen LogP) is 4.37. The quantitative estimate of drug-likeness (QED) is 0.437. The van der Waals surface area contributed by atoms with Gasteiger partial charge in [-0.2, -0.15) is 0 Å². The first-order chi connectivity index (χ1) is 16.1. The molecule has 5 rings (SSSR count). The summed E-state index contributed by atoms with van der Waals surface area (Å²) in [5.74, 6) is -3.54. The number of carbonyl (C=O) groups is 3. The second-order valence-corrected chi connectivity index (χ2v) is 12.4. The van der Waals surface area contributed by atoms with Gasteiger partial charge in [0.15, 0.2) is 23.1 Å². The van der Waals surface area contributed by atoms with Gasteiger partial charge < -0.3 is 20.4 Å². The first-order valence-electron chi connectivity index (χ1n) is 12.4. The Hall–Kier alpha value is -2.67. The van der Waals surface area contributed by atoms with Crippen LogP contribution in [0.4, 0.5) is 0 Å². The third-order valence-corrected chi connectivity index (χ3v) is 10.9. The van der Waals surface area contributed by atoms with Crippen LogP contribution in [0.1, 0.15) is 93.0 Å². The summed E-state index contributed by atoms with van der Waals surface area (Å²) >= 11 is 0. The topological polar surface area (TPSA) is 132 Å². The molecule has 7 heteroatoms. The highest BCUT2D eigenvalue weighted by molar-refractivity contribution is 6.15. The second kappa shape index (κ2) is 6.96. The summed E-state index contributed by atoms with van der Waals surface area (Å²) < 4.78 is 0. The Morgan fingerprint density at radius 3 is 2.31 bits per heavy atom. The van der Waals surface area contributed by atoms with E-state index >= 15 is 0 Å². The fourth-order valence-electron chi connectivity index (χ4n) is 8.52. The zero-order valence-corrected chi connectivity index (χ0v) is 20.9. The summed E-state index contributed by atoms with van der Waals surface area (Å²) in [6, 6.07) is 1.35. The van der Waals surface area contributed by atoms with Crippen LogP contribution in [0.3, 0.4) is 0 Å². The molecule has 0 aliphatic heterocycles. The molecule has 0 aromatic heterocycles. The number of allylic oxidation sites excluding steroid dienone is 2. The van der Waals surface area contributed by atoms with Gasteiger partial charge in [-0.15, -0.1) is 0 Å². The number of aromatic hydroxyl groups is 2. The van der Waals surface area contributed by atoms with Crippen molar-refractivity contribution in [2.24, 2.45) is 28.1 Å². The molecule has 4 aliphatic rings. The molecule has 7 atom stereocenters. The number of Topliss-reactive ketones (excluding diaryl/α,β-unsaturated/α-hetero) is 1. The molecule has 0 radical (unpaired) electrons. The highest BCUT2D eigenvalue weighted by Gasteiger charge is 2.68. The number of benzene rings is 1. The number of aliphatic hydroxyl groups excluding tert-OH is 1. The van der Waals surface area contributed by atoms with Crippen LogP contribution in [-0.2, 0) is 10.2 Å². The number of aliphatic hydroxyl groups is 1. The molecule has 0 heterocycles. The summed E-state index contributed by atoms with van der Waals surface area (Å²) in [5, 5.41) is 41.5. The van der Waals surface area contributed by atoms with Gasteiger partial charge in [0, 0.05) is 22.3 Å². The highest BCUT2D eigenvalue weighted by Crippen LogP contribution is 2.73. The van der Waals surface area contributed by atoms with Gasteiger partial charge in [-0.3, -0.25) is 9.59 Å². The summed E-state index contributed by atoms with van der Waals surface area (Å²) in [6.45, 7) is 10.3. The number of rotatable bonds is 1. The van der Waals surface area contributed by atoms with Crippen molar-refractivity contribution in [2.75, 3.05) is 0 Å². The van der Waals surface area contributed by atoms with Gasteiger partial charge in [0.1, 0.15) is 11.7 Å². The van der Waals surface area contributed by atoms with Gasteiger partial charge in [-0.1, -0.05) is 34.6 Å². The lowest BCUT2D eigenvalue weighted by atomic mass is 9.35. The molecule has 1 aromatic rings. The molecule has 188 valence electrons. The Morgan fingerprint density at radius 1 is 1.03 bits per heavy atom. The Bertz CT molecular complexity index is 1230. The van der Waals surface area contributed by atoms with Crippen LogP contribution in [0.2, 0.25) is 0 Å². The van der Waals surface area contributed by atoms with Crippen LogP contribution in [0.25, 0.3) is 0 Å². The molecule has 3 saturated carbocycles. The van der Waals surface area contributed by atoms with Crippen LogP contribution >= 0.6 is 0 Å². The molecule has 35 heavy (non-hydrogen) atoms. The van der Waals surface area contributed by atoms with E-state index in [-0.39, 0.29) is 28.6 Å². The second-order valence-electron chi connectivity index (χ2n) is 12.4. The van der Waals surface area contributed by atoms with E-state index < -0.39 is 51.2 Å². The zero-order valence-electron chi connectivity index (χ0n) is 20.9. The fraction of sp³-hybridized carbons (Fsp3) is 0.607. The maximum absolute atomic E-state index is 13.5. The lowest BCUT2D eigenvalue weighted by Crippen LogP contribution is -2.65. The van der Waals surface area contributed by atoms with Gasteiger partial charge in [0.05, 0.1) is 0 Å². The zero-order chi connectivity index (χ0) is 25.9. The van der Waals surface area contributed by atoms with E-state index in [0.717, 1.165) is 12.0 Å². The number of hydrogen-bond acceptors (Lipinski definition) is 6. The van der Waals surface area contributed by atoms with Crippen molar-refractivity contribution in [1.29, 1.82) is 0 Å². The number of aromatic carboxylic acids is 1. The fourth-order valence-corrected chi connectivity index (χ4v) is 8.52. The predicted molar refractivity (Wildman–Crippen MR) is 128 cm³/mol. The molecular weight excluding hydrogens is 448 g/mol. The normalized spacial score (nSPS) is 42.3. The number of carbonyl (C=O) groups excluding carboxylic acids is 2. The standard InChI is InChI=1S/C28H34O7/c1-13-10-17-26(3,23(33)21(13)31)7-9-28(5)18-12-15(29)19-14(25(18,2)6-8-27(17,28)4)11-16(30)22(32)20(19)24(34)35/h11-13,17,23,30,32-33H,6-10H2,1-5H3,(H,34,35)/t13-,17?,23-,25+,26-,27+,28-/m1/s1. The minimum atomic E-state index is -1.46. The molecular formula is C28H34O7. The van der Waals surface area contributed by atoms with E-state index in [1.54, 1.807) is 6.08 Å². The van der Waals surface area contributed by atoms with E-state index in [0.29, 0.717) is 31.2 Å². The van der Waals surface area contributed by atoms with Gasteiger partial charge in [0.25, 0.3) is 0 Å². The molecule has 3 fully saturated rings. The van der Waals surface area contributed by atoms with Crippen LogP contribution in [0.15, 0.2) is 17.7 Å². The van der Waals surface area contributed by atoms with Crippen molar-refractivity contribution in [3.63, 3.8) is 0 Å². The maximum Gasteiger partial charge on any atom is 0.340 e. The molecule has 1 aromatic carbocycles. The van der Waals surface area contributed by atoms with E-state index in [9.17, 15) is 34.8 Å². The summed E-state index contributed by atoms with van der Waals surface area (Å²) in [7, 11) is 0. The van der Waals surface area contributed by atoms with Gasteiger partial charge in [0.2, 0.25) is 0 Å². The Kier molecular flexibility index (Phi) is 4.78. The minimum absolute atomic E-state index is 0.0563. The summed E-state index contributed by atoms with van der Waals surface area (Å²) in [6.07, 6.45) is 3.92. The van der Waals surface area contributed by atoms with Gasteiger partial charge in [-0.25, -0.2) is 4.79 Å². The smallest absolute Gasteiger partial charge is 0.340 e. The molecule has 1 unspecified atom stereocenters. The van der Waals surface area contributed by atoms with Crippen LogP contribution in [-0.4, -0.2) is 44.1 Å². The third kappa shape index (κ3) is 2.68. The molecule has 4 N–H and O–H groups in total. The van der Waals surface area contributed by atoms with Crippen molar-refractivity contribution in [3.8, 4) is 11.5 Å². The number of ketones is 2. The van der Waals surface area contributed by atoms with Crippen LogP contribution in [0, 0.1) is 28.1 Å². The molecule has 0 spiro atoms. The summed E-state index contributed by atoms with van der Waals surface area (Å²) in [4.78, 5) is 38.2. The number of carboxylic acids is 1. The summed E-state index contributed by atoms with van der Waals surface area (Å²) in [5.41, 5.74) is -1.23. The van der Waals surface area contributed by atoms with Crippen molar-refractivity contribution in [1.82, 2.24) is 0 Å². The van der Waals surface area contributed by atoms with E-state index in [4.69, 9.17) is 0 Å². The van der Waals surface area contributed by atoms with E-state index in [1.807, 2.05) is 20.8 Å². The minimum Gasteiger partial charge on any atom is -0.504 e. The lowest BCUT2D eigenvalue weighted by Gasteiger charge is -2.69. The van der Waals surface area contributed by atoms with Crippen molar-refractivity contribution in [2.45, 2.75) is 78.2 Å².